The maximum atomic E-state index is 9.61. The zero-order valence-electron chi connectivity index (χ0n) is 9.93. The summed E-state index contributed by atoms with van der Waals surface area (Å²) in [6, 6.07) is 4.86. The minimum atomic E-state index is -0.115. The third-order valence-electron chi connectivity index (χ3n) is 3.00. The van der Waals surface area contributed by atoms with Gasteiger partial charge in [0.25, 0.3) is 0 Å². The highest BCUT2D eigenvalue weighted by Crippen LogP contribution is 2.26. The van der Waals surface area contributed by atoms with Crippen LogP contribution < -0.4 is 4.90 Å². The summed E-state index contributed by atoms with van der Waals surface area (Å²) in [6.45, 7) is 3.98. The second-order valence-electron chi connectivity index (χ2n) is 4.37. The van der Waals surface area contributed by atoms with Crippen molar-refractivity contribution in [1.82, 2.24) is 5.01 Å². The topological polar surface area (TPSA) is 60.5 Å². The first-order valence-corrected chi connectivity index (χ1v) is 5.78. The molecule has 0 unspecified atom stereocenters. The normalized spacial score (nSPS) is 17.8. The van der Waals surface area contributed by atoms with Gasteiger partial charge < -0.3 is 15.1 Å². The summed E-state index contributed by atoms with van der Waals surface area (Å²) in [5.74, 6) is -0.229. The van der Waals surface area contributed by atoms with E-state index in [0.29, 0.717) is 5.56 Å². The van der Waals surface area contributed by atoms with Gasteiger partial charge in [-0.1, -0.05) is 6.07 Å². The molecule has 0 aromatic heterocycles. The van der Waals surface area contributed by atoms with Crippen molar-refractivity contribution in [1.29, 1.82) is 0 Å². The predicted molar refractivity (Wildman–Crippen MR) is 65.6 cm³/mol. The zero-order chi connectivity index (χ0) is 12.3. The molecule has 0 radical (unpaired) electrons. The number of phenols is 2. The Balaban J connectivity index is 2.03. The Morgan fingerprint density at radius 3 is 2.71 bits per heavy atom. The number of hydrazone groups is 1. The van der Waals surface area contributed by atoms with E-state index in [1.807, 2.05) is 5.01 Å². The molecule has 1 heterocycles. The summed E-state index contributed by atoms with van der Waals surface area (Å²) in [4.78, 5) is 1.51. The molecule has 5 heteroatoms. The van der Waals surface area contributed by atoms with Gasteiger partial charge >= 0.3 is 0 Å². The Hall–Kier alpha value is -1.75. The number of piperazine rings is 1. The lowest BCUT2D eigenvalue weighted by Crippen LogP contribution is -3.11. The fourth-order valence-corrected chi connectivity index (χ4v) is 1.79. The lowest BCUT2D eigenvalue weighted by Gasteiger charge is -2.27. The summed E-state index contributed by atoms with van der Waals surface area (Å²) in [6.07, 6.45) is 1.59. The second kappa shape index (κ2) is 5.05. The van der Waals surface area contributed by atoms with Gasteiger partial charge in [-0.25, -0.2) is 0 Å². The van der Waals surface area contributed by atoms with Gasteiger partial charge in [0.2, 0.25) is 0 Å². The van der Waals surface area contributed by atoms with Crippen molar-refractivity contribution in [3.05, 3.63) is 23.8 Å². The zero-order valence-corrected chi connectivity index (χ0v) is 9.93. The first kappa shape index (κ1) is 11.7. The highest BCUT2D eigenvalue weighted by molar-refractivity contribution is 5.84. The van der Waals surface area contributed by atoms with Crippen LogP contribution in [0.15, 0.2) is 23.3 Å². The monoisotopic (exact) mass is 236 g/mol. The molecule has 5 nitrogen and oxygen atoms in total. The summed E-state index contributed by atoms with van der Waals surface area (Å²) in [5.41, 5.74) is 0.538. The Labute approximate surface area is 101 Å². The van der Waals surface area contributed by atoms with Gasteiger partial charge in [-0.2, -0.15) is 5.10 Å². The molecule has 17 heavy (non-hydrogen) atoms. The minimum Gasteiger partial charge on any atom is -0.504 e. The average Bonchev–Trinajstić information content (AvgIpc) is 2.33. The molecule has 0 atom stereocenters. The van der Waals surface area contributed by atoms with Crippen LogP contribution in [-0.4, -0.2) is 54.7 Å². The number of hydrogen-bond acceptors (Lipinski definition) is 4. The molecule has 2 rings (SSSR count). The van der Waals surface area contributed by atoms with Gasteiger partial charge in [0.15, 0.2) is 11.5 Å². The first-order valence-electron chi connectivity index (χ1n) is 5.78. The number of likely N-dealkylation sites (N-methyl/N-ethyl adjacent to an activating group) is 1. The summed E-state index contributed by atoms with van der Waals surface area (Å²) in [7, 11) is 2.17. The van der Waals surface area contributed by atoms with Crippen LogP contribution in [0, 0.1) is 0 Å². The second-order valence-corrected chi connectivity index (χ2v) is 4.37. The molecule has 0 amide bonds. The van der Waals surface area contributed by atoms with Crippen molar-refractivity contribution in [2.75, 3.05) is 33.2 Å². The predicted octanol–water partition coefficient (Wildman–Crippen LogP) is -0.738. The van der Waals surface area contributed by atoms with Crippen LogP contribution in [0.3, 0.4) is 0 Å². The Kier molecular flexibility index (Phi) is 3.49. The van der Waals surface area contributed by atoms with Gasteiger partial charge in [-0.3, -0.25) is 5.01 Å². The maximum Gasteiger partial charge on any atom is 0.166 e. The third-order valence-corrected chi connectivity index (χ3v) is 3.00. The standard InChI is InChI=1S/C12H17N3O2/c1-14-5-7-15(8-6-14)13-9-10-3-2-4-11(16)12(10)17/h2-4,9,16-17H,5-8H2,1H3/p+1/b13-9+. The van der Waals surface area contributed by atoms with Crippen molar-refractivity contribution in [2.24, 2.45) is 5.10 Å². The summed E-state index contributed by atoms with van der Waals surface area (Å²) < 4.78 is 0. The van der Waals surface area contributed by atoms with E-state index < -0.39 is 0 Å². The van der Waals surface area contributed by atoms with Gasteiger partial charge in [0, 0.05) is 5.56 Å². The van der Waals surface area contributed by atoms with Crippen molar-refractivity contribution >= 4 is 6.21 Å². The minimum absolute atomic E-state index is 0.114. The van der Waals surface area contributed by atoms with E-state index in [0.717, 1.165) is 26.2 Å². The number of hydrogen-bond donors (Lipinski definition) is 3. The number of rotatable bonds is 2. The Morgan fingerprint density at radius 1 is 1.29 bits per heavy atom. The largest absolute Gasteiger partial charge is 0.504 e. The van der Waals surface area contributed by atoms with E-state index in [1.165, 1.54) is 11.0 Å². The van der Waals surface area contributed by atoms with Gasteiger partial charge in [0.1, 0.15) is 0 Å². The summed E-state index contributed by atoms with van der Waals surface area (Å²) >= 11 is 0. The van der Waals surface area contributed by atoms with E-state index in [-0.39, 0.29) is 11.5 Å². The van der Waals surface area contributed by atoms with Crippen LogP contribution in [0.4, 0.5) is 0 Å². The van der Waals surface area contributed by atoms with E-state index in [9.17, 15) is 10.2 Å². The fourth-order valence-electron chi connectivity index (χ4n) is 1.79. The molecule has 0 aliphatic carbocycles. The molecule has 1 fully saturated rings. The van der Waals surface area contributed by atoms with Crippen molar-refractivity contribution in [2.45, 2.75) is 0 Å². The van der Waals surface area contributed by atoms with Crippen molar-refractivity contribution in [3.8, 4) is 11.5 Å². The van der Waals surface area contributed by atoms with E-state index in [2.05, 4.69) is 12.1 Å². The van der Waals surface area contributed by atoms with Gasteiger partial charge in [-0.05, 0) is 12.1 Å². The maximum absolute atomic E-state index is 9.61. The quantitative estimate of drug-likeness (QED) is 0.468. The average molecular weight is 236 g/mol. The van der Waals surface area contributed by atoms with Gasteiger partial charge in [0.05, 0.1) is 39.4 Å². The number of quaternary nitrogens is 1. The van der Waals surface area contributed by atoms with Crippen LogP contribution in [0.25, 0.3) is 0 Å². The lowest BCUT2D eigenvalue weighted by atomic mass is 10.2. The summed E-state index contributed by atoms with van der Waals surface area (Å²) in [5, 5.41) is 25.2. The van der Waals surface area contributed by atoms with Crippen LogP contribution in [0.2, 0.25) is 0 Å². The molecule has 1 aliphatic rings. The van der Waals surface area contributed by atoms with Gasteiger partial charge in [-0.15, -0.1) is 0 Å². The molecule has 1 aliphatic heterocycles. The first-order chi connectivity index (χ1) is 8.16. The Morgan fingerprint density at radius 2 is 2.00 bits per heavy atom. The molecule has 1 aromatic carbocycles. The molecule has 3 N–H and O–H groups in total. The highest BCUT2D eigenvalue weighted by Gasteiger charge is 2.14. The van der Waals surface area contributed by atoms with Crippen molar-refractivity contribution in [3.63, 3.8) is 0 Å². The third kappa shape index (κ3) is 2.88. The SMILES string of the molecule is C[NH+]1CCN(/N=C/c2cccc(O)c2O)CC1. The van der Waals surface area contributed by atoms with E-state index >= 15 is 0 Å². The molecular weight excluding hydrogens is 218 g/mol. The highest BCUT2D eigenvalue weighted by atomic mass is 16.3. The van der Waals surface area contributed by atoms with E-state index in [4.69, 9.17) is 0 Å². The molecule has 0 spiro atoms. The number of nitrogens with zero attached hydrogens (tertiary/aromatic N) is 2. The molecule has 92 valence electrons. The fraction of sp³-hybridized carbons (Fsp3) is 0.417. The number of phenolic OH excluding ortho intramolecular Hbond substituents is 2. The lowest BCUT2D eigenvalue weighted by molar-refractivity contribution is -0.884. The molecule has 0 bridgehead atoms. The molecule has 1 aromatic rings. The van der Waals surface area contributed by atoms with Crippen molar-refractivity contribution < 1.29 is 15.1 Å². The van der Waals surface area contributed by atoms with Crippen LogP contribution in [0.1, 0.15) is 5.56 Å². The van der Waals surface area contributed by atoms with Crippen LogP contribution >= 0.6 is 0 Å². The number of para-hydroxylation sites is 1. The van der Waals surface area contributed by atoms with Crippen LogP contribution in [-0.2, 0) is 0 Å². The number of benzene rings is 1. The molecule has 0 saturated carbocycles. The molecule has 1 saturated heterocycles. The number of aromatic hydroxyl groups is 2. The number of nitrogens with one attached hydrogen (secondary N) is 1. The Bertz CT molecular complexity index is 412. The molecular formula is C12H18N3O2+. The van der Waals surface area contributed by atoms with E-state index in [1.54, 1.807) is 18.3 Å². The smallest absolute Gasteiger partial charge is 0.166 e. The van der Waals surface area contributed by atoms with Crippen LogP contribution in [0.5, 0.6) is 11.5 Å².